The van der Waals surface area contributed by atoms with Gasteiger partial charge in [0, 0.05) is 15.6 Å². The van der Waals surface area contributed by atoms with E-state index in [1.807, 2.05) is 12.1 Å². The number of amides is 1. The fourth-order valence-corrected chi connectivity index (χ4v) is 2.17. The highest BCUT2D eigenvalue weighted by molar-refractivity contribution is 9.10. The third kappa shape index (κ3) is 4.27. The predicted octanol–water partition coefficient (Wildman–Crippen LogP) is 4.19. The molecule has 0 fully saturated rings. The van der Waals surface area contributed by atoms with Crippen LogP contribution in [0.4, 0.5) is 11.4 Å². The van der Waals surface area contributed by atoms with Crippen LogP contribution in [-0.4, -0.2) is 10.8 Å². The molecular weight excluding hydrogens is 360 g/mol. The summed E-state index contributed by atoms with van der Waals surface area (Å²) >= 11 is 9.03. The molecule has 1 N–H and O–H groups in total. The molecule has 2 rings (SSSR count). The molecule has 0 aliphatic heterocycles. The molecule has 7 heteroatoms. The third-order valence-corrected chi connectivity index (χ3v) is 3.47. The van der Waals surface area contributed by atoms with Gasteiger partial charge in [-0.05, 0) is 29.8 Å². The first-order valence-corrected chi connectivity index (χ1v) is 7.11. The van der Waals surface area contributed by atoms with Crippen molar-refractivity contribution in [1.82, 2.24) is 0 Å². The molecule has 0 bridgehead atoms. The first kappa shape index (κ1) is 15.5. The van der Waals surface area contributed by atoms with E-state index in [9.17, 15) is 14.9 Å². The minimum Gasteiger partial charge on any atom is -0.320 e. The number of nitrogens with one attached hydrogen (secondary N) is 1. The molecule has 0 atom stereocenters. The van der Waals surface area contributed by atoms with E-state index in [0.29, 0.717) is 0 Å². The van der Waals surface area contributed by atoms with Gasteiger partial charge in [0.25, 0.3) is 5.69 Å². The number of halogens is 2. The van der Waals surface area contributed by atoms with Crippen molar-refractivity contribution in [3.63, 3.8) is 0 Å². The Morgan fingerprint density at radius 1 is 1.24 bits per heavy atom. The quantitative estimate of drug-likeness (QED) is 0.648. The lowest BCUT2D eigenvalue weighted by Gasteiger charge is -2.06. The molecule has 2 aromatic rings. The molecule has 0 spiro atoms. The maximum atomic E-state index is 11.9. The standard InChI is InChI=1S/C14H10BrClN2O3/c15-10-3-1-9(2-4-10)7-14(19)17-12-6-5-11(16)8-13(12)18(20)21/h1-6,8H,7H2,(H,17,19). The Kier molecular flexibility index (Phi) is 4.93. The van der Waals surface area contributed by atoms with Gasteiger partial charge >= 0.3 is 0 Å². The summed E-state index contributed by atoms with van der Waals surface area (Å²) in [7, 11) is 0. The second kappa shape index (κ2) is 6.69. The van der Waals surface area contributed by atoms with Gasteiger partial charge in [-0.3, -0.25) is 14.9 Å². The lowest BCUT2D eigenvalue weighted by Crippen LogP contribution is -2.15. The first-order chi connectivity index (χ1) is 9.95. The summed E-state index contributed by atoms with van der Waals surface area (Å²) in [5.41, 5.74) is 0.713. The summed E-state index contributed by atoms with van der Waals surface area (Å²) in [6, 6.07) is 11.4. The lowest BCUT2D eigenvalue weighted by atomic mass is 10.1. The Labute approximate surface area is 134 Å². The van der Waals surface area contributed by atoms with E-state index in [1.165, 1.54) is 18.2 Å². The van der Waals surface area contributed by atoms with Crippen molar-refractivity contribution in [3.05, 3.63) is 67.6 Å². The van der Waals surface area contributed by atoms with Crippen LogP contribution in [0.15, 0.2) is 46.9 Å². The molecular formula is C14H10BrClN2O3. The maximum Gasteiger partial charge on any atom is 0.294 e. The molecule has 0 saturated heterocycles. The van der Waals surface area contributed by atoms with Crippen molar-refractivity contribution in [2.45, 2.75) is 6.42 Å². The Morgan fingerprint density at radius 2 is 1.90 bits per heavy atom. The number of hydrogen-bond donors (Lipinski definition) is 1. The van der Waals surface area contributed by atoms with Crippen LogP contribution in [-0.2, 0) is 11.2 Å². The number of benzene rings is 2. The third-order valence-electron chi connectivity index (χ3n) is 2.71. The van der Waals surface area contributed by atoms with E-state index >= 15 is 0 Å². The Balaban J connectivity index is 2.12. The molecule has 5 nitrogen and oxygen atoms in total. The summed E-state index contributed by atoms with van der Waals surface area (Å²) in [4.78, 5) is 22.3. The minimum atomic E-state index is -0.582. The van der Waals surface area contributed by atoms with Crippen molar-refractivity contribution >= 4 is 44.8 Å². The molecule has 1 amide bonds. The second-order valence-corrected chi connectivity index (χ2v) is 5.62. The van der Waals surface area contributed by atoms with Gasteiger partial charge in [-0.15, -0.1) is 0 Å². The SMILES string of the molecule is O=C(Cc1ccc(Br)cc1)Nc1ccc(Cl)cc1[N+](=O)[O-]. The van der Waals surface area contributed by atoms with Crippen molar-refractivity contribution in [2.24, 2.45) is 0 Å². The second-order valence-electron chi connectivity index (χ2n) is 4.27. The normalized spacial score (nSPS) is 10.2. The molecule has 0 radical (unpaired) electrons. The number of nitro benzene ring substituents is 1. The van der Waals surface area contributed by atoms with Crippen LogP contribution in [0.25, 0.3) is 0 Å². The zero-order valence-corrected chi connectivity index (χ0v) is 13.0. The smallest absolute Gasteiger partial charge is 0.294 e. The van der Waals surface area contributed by atoms with Crippen molar-refractivity contribution < 1.29 is 9.72 Å². The van der Waals surface area contributed by atoms with E-state index in [2.05, 4.69) is 21.2 Å². The Hall–Kier alpha value is -1.92. The number of rotatable bonds is 4. The largest absolute Gasteiger partial charge is 0.320 e. The summed E-state index contributed by atoms with van der Waals surface area (Å²) in [6.07, 6.45) is 0.132. The van der Waals surface area contributed by atoms with Gasteiger partial charge < -0.3 is 5.32 Å². The highest BCUT2D eigenvalue weighted by atomic mass is 79.9. The Morgan fingerprint density at radius 3 is 2.52 bits per heavy atom. The monoisotopic (exact) mass is 368 g/mol. The van der Waals surface area contributed by atoms with E-state index < -0.39 is 4.92 Å². The fourth-order valence-electron chi connectivity index (χ4n) is 1.74. The maximum absolute atomic E-state index is 11.9. The number of hydrogen-bond acceptors (Lipinski definition) is 3. The van der Waals surface area contributed by atoms with Crippen LogP contribution < -0.4 is 5.32 Å². The molecule has 0 aliphatic carbocycles. The van der Waals surface area contributed by atoms with Gasteiger partial charge in [0.2, 0.25) is 5.91 Å². The highest BCUT2D eigenvalue weighted by Gasteiger charge is 2.16. The van der Waals surface area contributed by atoms with Crippen LogP contribution >= 0.6 is 27.5 Å². The zero-order valence-electron chi connectivity index (χ0n) is 10.7. The predicted molar refractivity (Wildman–Crippen MR) is 84.6 cm³/mol. The van der Waals surface area contributed by atoms with Gasteiger partial charge in [0.15, 0.2) is 0 Å². The molecule has 2 aromatic carbocycles. The van der Waals surface area contributed by atoms with Crippen molar-refractivity contribution in [1.29, 1.82) is 0 Å². The number of carbonyl (C=O) groups excluding carboxylic acids is 1. The number of nitrogens with zero attached hydrogens (tertiary/aromatic N) is 1. The molecule has 21 heavy (non-hydrogen) atoms. The summed E-state index contributed by atoms with van der Waals surface area (Å²) < 4.78 is 0.917. The van der Waals surface area contributed by atoms with Crippen LogP contribution in [0.1, 0.15) is 5.56 Å². The molecule has 0 heterocycles. The Bertz CT molecular complexity index is 689. The average Bonchev–Trinajstić information content (AvgIpc) is 2.43. The molecule has 108 valence electrons. The van der Waals surface area contributed by atoms with E-state index in [1.54, 1.807) is 12.1 Å². The topological polar surface area (TPSA) is 72.2 Å². The van der Waals surface area contributed by atoms with Gasteiger partial charge in [-0.25, -0.2) is 0 Å². The first-order valence-electron chi connectivity index (χ1n) is 5.94. The van der Waals surface area contributed by atoms with Gasteiger partial charge in [-0.2, -0.15) is 0 Å². The highest BCUT2D eigenvalue weighted by Crippen LogP contribution is 2.27. The number of anilines is 1. The van der Waals surface area contributed by atoms with Crippen LogP contribution in [0.5, 0.6) is 0 Å². The molecule has 0 aliphatic rings. The average molecular weight is 370 g/mol. The van der Waals surface area contributed by atoms with Gasteiger partial charge in [0.05, 0.1) is 11.3 Å². The van der Waals surface area contributed by atoms with Crippen LogP contribution in [0.3, 0.4) is 0 Å². The number of carbonyl (C=O) groups is 1. The fraction of sp³-hybridized carbons (Fsp3) is 0.0714. The number of nitro groups is 1. The van der Waals surface area contributed by atoms with Crippen LogP contribution in [0.2, 0.25) is 5.02 Å². The van der Waals surface area contributed by atoms with E-state index in [4.69, 9.17) is 11.6 Å². The van der Waals surface area contributed by atoms with Crippen molar-refractivity contribution in [2.75, 3.05) is 5.32 Å². The zero-order chi connectivity index (χ0) is 15.4. The van der Waals surface area contributed by atoms with Crippen molar-refractivity contribution in [3.8, 4) is 0 Å². The molecule has 0 unspecified atom stereocenters. The molecule has 0 saturated carbocycles. The van der Waals surface area contributed by atoms with Crippen LogP contribution in [0, 0.1) is 10.1 Å². The van der Waals surface area contributed by atoms with E-state index in [0.717, 1.165) is 10.0 Å². The van der Waals surface area contributed by atoms with Gasteiger partial charge in [0.1, 0.15) is 5.69 Å². The molecule has 0 aromatic heterocycles. The summed E-state index contributed by atoms with van der Waals surface area (Å²) in [5.74, 6) is -0.331. The lowest BCUT2D eigenvalue weighted by molar-refractivity contribution is -0.383. The van der Waals surface area contributed by atoms with Gasteiger partial charge in [-0.1, -0.05) is 39.7 Å². The summed E-state index contributed by atoms with van der Waals surface area (Å²) in [6.45, 7) is 0. The van der Waals surface area contributed by atoms with E-state index in [-0.39, 0.29) is 28.7 Å². The summed E-state index contributed by atoms with van der Waals surface area (Å²) in [5, 5.41) is 13.7. The minimum absolute atomic E-state index is 0.131.